The fraction of sp³-hybridized carbons (Fsp3) is 0.238. The van der Waals surface area contributed by atoms with Crippen molar-refractivity contribution in [2.24, 2.45) is 0 Å². The number of hydrogen-bond donors (Lipinski definition) is 1. The standard InChI is InChI=1S/C21H21NO4/c1-3-18(23)15-8-10-17(11-9-15)25-13-21(24)22-14(2)20-12-16-6-4-5-7-19(16)26-20/h4-12,14H,3,13H2,1-2H3,(H,22,24)/t14-/m1/s1. The molecule has 134 valence electrons. The normalized spacial score (nSPS) is 11.9. The predicted octanol–water partition coefficient (Wildman–Crippen LogP) is 4.28. The van der Waals surface area contributed by atoms with Crippen molar-refractivity contribution in [2.75, 3.05) is 6.61 Å². The second kappa shape index (κ2) is 7.87. The van der Waals surface area contributed by atoms with Crippen molar-refractivity contribution in [3.63, 3.8) is 0 Å². The monoisotopic (exact) mass is 351 g/mol. The van der Waals surface area contributed by atoms with E-state index in [2.05, 4.69) is 5.32 Å². The maximum absolute atomic E-state index is 12.1. The first-order valence-electron chi connectivity index (χ1n) is 8.60. The summed E-state index contributed by atoms with van der Waals surface area (Å²) in [7, 11) is 0. The van der Waals surface area contributed by atoms with Gasteiger partial charge in [-0.1, -0.05) is 25.1 Å². The summed E-state index contributed by atoms with van der Waals surface area (Å²) in [5, 5.41) is 3.86. The number of para-hydroxylation sites is 1. The summed E-state index contributed by atoms with van der Waals surface area (Å²) < 4.78 is 11.2. The molecule has 1 aromatic heterocycles. The van der Waals surface area contributed by atoms with Crippen LogP contribution in [0.3, 0.4) is 0 Å². The highest BCUT2D eigenvalue weighted by molar-refractivity contribution is 5.95. The van der Waals surface area contributed by atoms with Gasteiger partial charge in [-0.05, 0) is 43.3 Å². The van der Waals surface area contributed by atoms with Crippen LogP contribution in [0.2, 0.25) is 0 Å². The number of fused-ring (bicyclic) bond motifs is 1. The summed E-state index contributed by atoms with van der Waals surface area (Å²) in [5.74, 6) is 1.08. The Labute approximate surface area is 152 Å². The van der Waals surface area contributed by atoms with E-state index in [0.29, 0.717) is 23.5 Å². The summed E-state index contributed by atoms with van der Waals surface area (Å²) in [6.45, 7) is 3.58. The molecule has 5 heteroatoms. The van der Waals surface area contributed by atoms with Crippen LogP contribution in [-0.2, 0) is 4.79 Å². The zero-order valence-corrected chi connectivity index (χ0v) is 14.8. The molecule has 0 aliphatic rings. The average Bonchev–Trinajstić information content (AvgIpc) is 3.10. The number of rotatable bonds is 7. The number of nitrogens with one attached hydrogen (secondary N) is 1. The average molecular weight is 351 g/mol. The third-order valence-electron chi connectivity index (χ3n) is 4.12. The molecular formula is C21H21NO4. The number of ether oxygens (including phenoxy) is 1. The molecule has 1 amide bonds. The number of benzene rings is 2. The lowest BCUT2D eigenvalue weighted by Gasteiger charge is -2.12. The van der Waals surface area contributed by atoms with E-state index in [4.69, 9.17) is 9.15 Å². The van der Waals surface area contributed by atoms with Crippen LogP contribution >= 0.6 is 0 Å². The molecule has 3 rings (SSSR count). The molecule has 1 heterocycles. The van der Waals surface area contributed by atoms with Gasteiger partial charge in [-0.2, -0.15) is 0 Å². The Balaban J connectivity index is 1.54. The molecule has 3 aromatic rings. The molecular weight excluding hydrogens is 330 g/mol. The lowest BCUT2D eigenvalue weighted by atomic mass is 10.1. The van der Waals surface area contributed by atoms with Crippen LogP contribution in [0.4, 0.5) is 0 Å². The van der Waals surface area contributed by atoms with Crippen molar-refractivity contribution in [3.8, 4) is 5.75 Å². The molecule has 2 aromatic carbocycles. The Hall–Kier alpha value is -3.08. The first-order chi connectivity index (χ1) is 12.6. The Bertz CT molecular complexity index is 878. The number of amides is 1. The molecule has 0 saturated heterocycles. The van der Waals surface area contributed by atoms with Crippen LogP contribution in [-0.4, -0.2) is 18.3 Å². The van der Waals surface area contributed by atoms with E-state index in [1.807, 2.05) is 44.2 Å². The third-order valence-corrected chi connectivity index (χ3v) is 4.12. The number of Topliss-reactive ketones (excluding diaryl/α,β-unsaturated/α-hetero) is 1. The van der Waals surface area contributed by atoms with Crippen molar-refractivity contribution in [2.45, 2.75) is 26.3 Å². The minimum Gasteiger partial charge on any atom is -0.484 e. The topological polar surface area (TPSA) is 68.5 Å². The van der Waals surface area contributed by atoms with Crippen LogP contribution in [0, 0.1) is 0 Å². The van der Waals surface area contributed by atoms with Gasteiger partial charge < -0.3 is 14.5 Å². The molecule has 0 fully saturated rings. The Morgan fingerprint density at radius 1 is 1.12 bits per heavy atom. The van der Waals surface area contributed by atoms with Gasteiger partial charge in [0.15, 0.2) is 12.4 Å². The second-order valence-corrected chi connectivity index (χ2v) is 6.07. The summed E-state index contributed by atoms with van der Waals surface area (Å²) in [5.41, 5.74) is 1.43. The minimum absolute atomic E-state index is 0.0777. The van der Waals surface area contributed by atoms with Crippen LogP contribution in [0.25, 0.3) is 11.0 Å². The molecule has 0 radical (unpaired) electrons. The number of ketones is 1. The van der Waals surface area contributed by atoms with E-state index in [0.717, 1.165) is 11.0 Å². The summed E-state index contributed by atoms with van der Waals surface area (Å²) >= 11 is 0. The van der Waals surface area contributed by atoms with Crippen LogP contribution in [0.5, 0.6) is 5.75 Å². The van der Waals surface area contributed by atoms with Gasteiger partial charge in [0.2, 0.25) is 0 Å². The van der Waals surface area contributed by atoms with Crippen molar-refractivity contribution >= 4 is 22.7 Å². The van der Waals surface area contributed by atoms with Gasteiger partial charge in [0.1, 0.15) is 17.1 Å². The zero-order chi connectivity index (χ0) is 18.5. The maximum atomic E-state index is 12.1. The Morgan fingerprint density at radius 2 is 1.85 bits per heavy atom. The third kappa shape index (κ3) is 4.11. The second-order valence-electron chi connectivity index (χ2n) is 6.07. The van der Waals surface area contributed by atoms with Gasteiger partial charge in [-0.25, -0.2) is 0 Å². The zero-order valence-electron chi connectivity index (χ0n) is 14.8. The highest BCUT2D eigenvalue weighted by Crippen LogP contribution is 2.23. The predicted molar refractivity (Wildman–Crippen MR) is 99.3 cm³/mol. The number of carbonyl (C=O) groups is 2. The molecule has 0 unspecified atom stereocenters. The van der Waals surface area contributed by atoms with E-state index < -0.39 is 0 Å². The van der Waals surface area contributed by atoms with Gasteiger partial charge in [-0.3, -0.25) is 9.59 Å². The highest BCUT2D eigenvalue weighted by atomic mass is 16.5. The van der Waals surface area contributed by atoms with Crippen molar-refractivity contribution in [1.29, 1.82) is 0 Å². The van der Waals surface area contributed by atoms with Gasteiger partial charge in [0.05, 0.1) is 6.04 Å². The number of furan rings is 1. The van der Waals surface area contributed by atoms with Crippen molar-refractivity contribution < 1.29 is 18.7 Å². The Kier molecular flexibility index (Phi) is 5.37. The largest absolute Gasteiger partial charge is 0.484 e. The van der Waals surface area contributed by atoms with Gasteiger partial charge >= 0.3 is 0 Å². The van der Waals surface area contributed by atoms with Crippen molar-refractivity contribution in [1.82, 2.24) is 5.32 Å². The molecule has 1 N–H and O–H groups in total. The van der Waals surface area contributed by atoms with Crippen LogP contribution < -0.4 is 10.1 Å². The SMILES string of the molecule is CCC(=O)c1ccc(OCC(=O)N[C@H](C)c2cc3ccccc3o2)cc1. The first kappa shape index (κ1) is 17.7. The molecule has 0 aliphatic heterocycles. The summed E-state index contributed by atoms with van der Waals surface area (Å²) in [4.78, 5) is 23.7. The van der Waals surface area contributed by atoms with E-state index in [9.17, 15) is 9.59 Å². The minimum atomic E-state index is -0.261. The van der Waals surface area contributed by atoms with E-state index in [-0.39, 0.29) is 24.3 Å². The van der Waals surface area contributed by atoms with Gasteiger partial charge in [0.25, 0.3) is 5.91 Å². The summed E-state index contributed by atoms with van der Waals surface area (Å²) in [6.07, 6.45) is 0.461. The molecule has 0 bridgehead atoms. The molecule has 5 nitrogen and oxygen atoms in total. The summed E-state index contributed by atoms with van der Waals surface area (Å²) in [6, 6.07) is 16.2. The van der Waals surface area contributed by atoms with Gasteiger partial charge in [-0.15, -0.1) is 0 Å². The highest BCUT2D eigenvalue weighted by Gasteiger charge is 2.14. The lowest BCUT2D eigenvalue weighted by Crippen LogP contribution is -2.31. The first-order valence-corrected chi connectivity index (χ1v) is 8.60. The number of hydrogen-bond acceptors (Lipinski definition) is 4. The molecule has 0 spiro atoms. The maximum Gasteiger partial charge on any atom is 0.258 e. The van der Waals surface area contributed by atoms with E-state index in [1.54, 1.807) is 24.3 Å². The smallest absolute Gasteiger partial charge is 0.258 e. The fourth-order valence-electron chi connectivity index (χ4n) is 2.66. The molecule has 0 saturated carbocycles. The number of carbonyl (C=O) groups excluding carboxylic acids is 2. The van der Waals surface area contributed by atoms with Crippen molar-refractivity contribution in [3.05, 3.63) is 65.9 Å². The van der Waals surface area contributed by atoms with Crippen LogP contribution in [0.1, 0.15) is 42.4 Å². The van der Waals surface area contributed by atoms with E-state index in [1.165, 1.54) is 0 Å². The molecule has 0 aliphatic carbocycles. The van der Waals surface area contributed by atoms with Crippen LogP contribution in [0.15, 0.2) is 59.0 Å². The molecule has 26 heavy (non-hydrogen) atoms. The quantitative estimate of drug-likeness (QED) is 0.645. The molecule has 1 atom stereocenters. The fourth-order valence-corrected chi connectivity index (χ4v) is 2.66. The van der Waals surface area contributed by atoms with E-state index >= 15 is 0 Å². The Morgan fingerprint density at radius 3 is 2.54 bits per heavy atom. The van der Waals surface area contributed by atoms with Gasteiger partial charge in [0, 0.05) is 17.4 Å². The lowest BCUT2D eigenvalue weighted by molar-refractivity contribution is -0.123.